The van der Waals surface area contributed by atoms with Crippen molar-refractivity contribution in [1.29, 1.82) is 0 Å². The third kappa shape index (κ3) is 3.15. The van der Waals surface area contributed by atoms with Gasteiger partial charge in [-0.2, -0.15) is 0 Å². The lowest BCUT2D eigenvalue weighted by atomic mass is 9.75. The first-order valence-corrected chi connectivity index (χ1v) is 8.02. The fourth-order valence-electron chi connectivity index (χ4n) is 3.45. The molecule has 1 heterocycles. The quantitative estimate of drug-likeness (QED) is 0.895. The van der Waals surface area contributed by atoms with E-state index in [0.717, 1.165) is 36.9 Å². The summed E-state index contributed by atoms with van der Waals surface area (Å²) in [5.74, 6) is 0.148. The average molecular weight is 290 g/mol. The number of aromatic nitrogens is 1. The van der Waals surface area contributed by atoms with Crippen molar-refractivity contribution in [3.8, 4) is 0 Å². The highest BCUT2D eigenvalue weighted by Gasteiger charge is 2.34. The molecule has 0 saturated heterocycles. The van der Waals surface area contributed by atoms with Crippen molar-refractivity contribution in [3.05, 3.63) is 23.0 Å². The summed E-state index contributed by atoms with van der Waals surface area (Å²) in [5, 5.41) is 13.4. The van der Waals surface area contributed by atoms with E-state index in [1.165, 1.54) is 5.69 Å². The van der Waals surface area contributed by atoms with Crippen LogP contribution in [0.25, 0.3) is 0 Å². The van der Waals surface area contributed by atoms with Crippen molar-refractivity contribution in [2.45, 2.75) is 71.6 Å². The lowest BCUT2D eigenvalue weighted by Crippen LogP contribution is -2.29. The van der Waals surface area contributed by atoms with Gasteiger partial charge in [-0.3, -0.25) is 4.79 Å². The van der Waals surface area contributed by atoms with E-state index in [1.54, 1.807) is 0 Å². The number of aryl methyl sites for hydroxylation is 1. The summed E-state index contributed by atoms with van der Waals surface area (Å²) < 4.78 is 2.23. The Balaban J connectivity index is 1.74. The van der Waals surface area contributed by atoms with Crippen LogP contribution in [0.5, 0.6) is 0 Å². The van der Waals surface area contributed by atoms with E-state index in [1.807, 2.05) is 0 Å². The Morgan fingerprint density at radius 3 is 2.86 bits per heavy atom. The molecule has 4 heteroatoms. The minimum Gasteiger partial charge on any atom is -0.388 e. The van der Waals surface area contributed by atoms with Gasteiger partial charge in [0.2, 0.25) is 5.91 Å². The molecule has 1 fully saturated rings. The molecule has 0 radical (unpaired) electrons. The van der Waals surface area contributed by atoms with Crippen molar-refractivity contribution in [1.82, 2.24) is 9.88 Å². The summed E-state index contributed by atoms with van der Waals surface area (Å²) in [6, 6.07) is 2.52. The SMILES string of the molecule is Cc1cc2c(n1CCC(=O)NC1CC1)CC(C)(C)CC2O. The van der Waals surface area contributed by atoms with E-state index in [2.05, 4.69) is 36.7 Å². The summed E-state index contributed by atoms with van der Waals surface area (Å²) in [6.07, 6.45) is 4.19. The van der Waals surface area contributed by atoms with Crippen molar-refractivity contribution in [2.75, 3.05) is 0 Å². The van der Waals surface area contributed by atoms with Gasteiger partial charge in [0, 0.05) is 36.0 Å². The Labute approximate surface area is 126 Å². The minimum atomic E-state index is -0.371. The zero-order valence-corrected chi connectivity index (χ0v) is 13.3. The van der Waals surface area contributed by atoms with E-state index < -0.39 is 0 Å². The van der Waals surface area contributed by atoms with Gasteiger partial charge in [0.05, 0.1) is 6.10 Å². The van der Waals surface area contributed by atoms with Crippen LogP contribution in [-0.2, 0) is 17.8 Å². The Kier molecular flexibility index (Phi) is 3.60. The van der Waals surface area contributed by atoms with Crippen molar-refractivity contribution in [3.63, 3.8) is 0 Å². The van der Waals surface area contributed by atoms with Gasteiger partial charge in [0.25, 0.3) is 0 Å². The maximum atomic E-state index is 11.9. The first-order valence-electron chi connectivity index (χ1n) is 8.02. The molecule has 21 heavy (non-hydrogen) atoms. The molecule has 3 rings (SSSR count). The monoisotopic (exact) mass is 290 g/mol. The van der Waals surface area contributed by atoms with Gasteiger partial charge >= 0.3 is 0 Å². The predicted molar refractivity (Wildman–Crippen MR) is 82.0 cm³/mol. The Bertz CT molecular complexity index is 555. The summed E-state index contributed by atoms with van der Waals surface area (Å²) in [7, 11) is 0. The van der Waals surface area contributed by atoms with Crippen LogP contribution in [0, 0.1) is 12.3 Å². The standard InChI is InChI=1S/C17H26N2O2/c1-11-8-13-14(9-17(2,3)10-15(13)20)19(11)7-6-16(21)18-12-4-5-12/h8,12,15,20H,4-7,9-10H2,1-3H3,(H,18,21). The molecule has 1 amide bonds. The molecule has 4 nitrogen and oxygen atoms in total. The highest BCUT2D eigenvalue weighted by molar-refractivity contribution is 5.76. The topological polar surface area (TPSA) is 54.3 Å². The molecule has 1 aromatic rings. The first-order chi connectivity index (χ1) is 9.85. The summed E-state index contributed by atoms with van der Waals surface area (Å²) in [5.41, 5.74) is 3.55. The number of amides is 1. The number of hydrogen-bond donors (Lipinski definition) is 2. The second-order valence-corrected chi connectivity index (χ2v) is 7.49. The lowest BCUT2D eigenvalue weighted by molar-refractivity contribution is -0.121. The number of rotatable bonds is 4. The number of aliphatic hydroxyl groups is 1. The number of aliphatic hydroxyl groups excluding tert-OH is 1. The second-order valence-electron chi connectivity index (χ2n) is 7.49. The molecule has 0 aliphatic heterocycles. The molecule has 1 atom stereocenters. The Morgan fingerprint density at radius 2 is 2.19 bits per heavy atom. The number of nitrogens with one attached hydrogen (secondary N) is 1. The highest BCUT2D eigenvalue weighted by atomic mass is 16.3. The number of carbonyl (C=O) groups is 1. The summed E-state index contributed by atoms with van der Waals surface area (Å²) in [6.45, 7) is 7.18. The molecule has 0 bridgehead atoms. The van der Waals surface area contributed by atoms with Gasteiger partial charge in [-0.15, -0.1) is 0 Å². The maximum absolute atomic E-state index is 11.9. The zero-order valence-electron chi connectivity index (χ0n) is 13.3. The molecule has 116 valence electrons. The molecular weight excluding hydrogens is 264 g/mol. The molecule has 1 aromatic heterocycles. The highest BCUT2D eigenvalue weighted by Crippen LogP contribution is 2.41. The van der Waals surface area contributed by atoms with Gasteiger partial charge in [-0.25, -0.2) is 0 Å². The third-order valence-electron chi connectivity index (χ3n) is 4.71. The number of fused-ring (bicyclic) bond motifs is 1. The number of hydrogen-bond acceptors (Lipinski definition) is 2. The average Bonchev–Trinajstić information content (AvgIpc) is 3.10. The van der Waals surface area contributed by atoms with E-state index in [-0.39, 0.29) is 17.4 Å². The van der Waals surface area contributed by atoms with E-state index >= 15 is 0 Å². The van der Waals surface area contributed by atoms with Crippen LogP contribution in [0.1, 0.15) is 62.6 Å². The lowest BCUT2D eigenvalue weighted by Gasteiger charge is -2.34. The molecule has 1 unspecified atom stereocenters. The molecule has 1 saturated carbocycles. The van der Waals surface area contributed by atoms with Gasteiger partial charge in [-0.1, -0.05) is 13.8 Å². The van der Waals surface area contributed by atoms with Crippen LogP contribution in [-0.4, -0.2) is 21.6 Å². The van der Waals surface area contributed by atoms with Crippen molar-refractivity contribution >= 4 is 5.91 Å². The molecule has 0 spiro atoms. The molecule has 2 N–H and O–H groups in total. The number of carbonyl (C=O) groups excluding carboxylic acids is 1. The van der Waals surface area contributed by atoms with Gasteiger partial charge < -0.3 is 15.0 Å². The van der Waals surface area contributed by atoms with Crippen LogP contribution >= 0.6 is 0 Å². The summed E-state index contributed by atoms with van der Waals surface area (Å²) in [4.78, 5) is 11.9. The molecular formula is C17H26N2O2. The molecule has 2 aliphatic carbocycles. The first kappa shape index (κ1) is 14.6. The second kappa shape index (κ2) is 5.16. The van der Waals surface area contributed by atoms with Gasteiger partial charge in [0.15, 0.2) is 0 Å². The van der Waals surface area contributed by atoms with Crippen molar-refractivity contribution < 1.29 is 9.90 Å². The normalized spacial score (nSPS) is 23.7. The third-order valence-corrected chi connectivity index (χ3v) is 4.71. The predicted octanol–water partition coefficient (Wildman–Crippen LogP) is 2.47. The van der Waals surface area contributed by atoms with Crippen LogP contribution in [0.2, 0.25) is 0 Å². The van der Waals surface area contributed by atoms with Crippen LogP contribution in [0.15, 0.2) is 6.07 Å². The van der Waals surface area contributed by atoms with Crippen LogP contribution in [0.4, 0.5) is 0 Å². The maximum Gasteiger partial charge on any atom is 0.222 e. The van der Waals surface area contributed by atoms with E-state index in [0.29, 0.717) is 19.0 Å². The Morgan fingerprint density at radius 1 is 1.48 bits per heavy atom. The summed E-state index contributed by atoms with van der Waals surface area (Å²) >= 11 is 0. The fraction of sp³-hybridized carbons (Fsp3) is 0.706. The van der Waals surface area contributed by atoms with Crippen LogP contribution < -0.4 is 5.32 Å². The van der Waals surface area contributed by atoms with E-state index in [4.69, 9.17) is 0 Å². The van der Waals surface area contributed by atoms with Crippen LogP contribution in [0.3, 0.4) is 0 Å². The van der Waals surface area contributed by atoms with Gasteiger partial charge in [-0.05, 0) is 44.1 Å². The largest absolute Gasteiger partial charge is 0.388 e. The smallest absolute Gasteiger partial charge is 0.222 e. The Hall–Kier alpha value is -1.29. The molecule has 0 aromatic carbocycles. The van der Waals surface area contributed by atoms with Crippen molar-refractivity contribution in [2.24, 2.45) is 5.41 Å². The number of nitrogens with zero attached hydrogens (tertiary/aromatic N) is 1. The zero-order chi connectivity index (χ0) is 15.2. The fourth-order valence-corrected chi connectivity index (χ4v) is 3.45. The van der Waals surface area contributed by atoms with E-state index in [9.17, 15) is 9.90 Å². The molecule has 2 aliphatic rings. The van der Waals surface area contributed by atoms with Gasteiger partial charge in [0.1, 0.15) is 0 Å². The minimum absolute atomic E-state index is 0.116.